The van der Waals surface area contributed by atoms with Gasteiger partial charge < -0.3 is 15.0 Å². The summed E-state index contributed by atoms with van der Waals surface area (Å²) in [6.07, 6.45) is 4.08. The second kappa shape index (κ2) is 8.99. The summed E-state index contributed by atoms with van der Waals surface area (Å²) >= 11 is 0. The minimum absolute atomic E-state index is 0.258. The molecular weight excluding hydrogens is 488 g/mol. The van der Waals surface area contributed by atoms with Crippen molar-refractivity contribution in [2.45, 2.75) is 5.16 Å². The lowest BCUT2D eigenvalue weighted by Crippen LogP contribution is -2.04. The molecule has 0 aliphatic rings. The third-order valence-corrected chi connectivity index (χ3v) is 6.61. The van der Waals surface area contributed by atoms with Gasteiger partial charge in [0.25, 0.3) is 0 Å². The van der Waals surface area contributed by atoms with E-state index in [1.807, 2.05) is 60.7 Å². The molecule has 182 valence electrons. The van der Waals surface area contributed by atoms with Gasteiger partial charge in [0, 0.05) is 35.1 Å². The zero-order chi connectivity index (χ0) is 25.4. The van der Waals surface area contributed by atoms with Gasteiger partial charge in [-0.1, -0.05) is 36.4 Å². The minimum atomic E-state index is -3.57. The van der Waals surface area contributed by atoms with Gasteiger partial charge in [0.2, 0.25) is 26.8 Å². The van der Waals surface area contributed by atoms with Crippen LogP contribution in [-0.4, -0.2) is 39.6 Å². The summed E-state index contributed by atoms with van der Waals surface area (Å²) in [5, 5.41) is 4.91. The normalized spacial score (nSPS) is 11.6. The number of hydrogen-bond acceptors (Lipinski definition) is 8. The maximum absolute atomic E-state index is 12.0. The van der Waals surface area contributed by atoms with Crippen molar-refractivity contribution < 1.29 is 13.2 Å². The molecule has 0 fully saturated rings. The fraction of sp³-hybridized carbons (Fsp3) is 0.0370. The van der Waals surface area contributed by atoms with Crippen LogP contribution in [-0.2, 0) is 9.84 Å². The average molecular weight is 509 g/mol. The Kier molecular flexibility index (Phi) is 5.50. The van der Waals surface area contributed by atoms with E-state index in [-0.39, 0.29) is 5.16 Å². The third-order valence-electron chi connectivity index (χ3n) is 5.75. The highest BCUT2D eigenvalue weighted by Crippen LogP contribution is 2.37. The number of H-pyrrole nitrogens is 1. The summed E-state index contributed by atoms with van der Waals surface area (Å²) in [5.41, 5.74) is 3.62. The second-order valence-electron chi connectivity index (χ2n) is 8.34. The first-order valence-electron chi connectivity index (χ1n) is 11.4. The Labute approximate surface area is 212 Å². The van der Waals surface area contributed by atoms with E-state index in [0.29, 0.717) is 28.8 Å². The van der Waals surface area contributed by atoms with E-state index >= 15 is 0 Å². The largest absolute Gasteiger partial charge is 0.438 e. The average Bonchev–Trinajstić information content (AvgIpc) is 3.32. The summed E-state index contributed by atoms with van der Waals surface area (Å²) < 4.78 is 30.2. The lowest BCUT2D eigenvalue weighted by Gasteiger charge is -2.14. The van der Waals surface area contributed by atoms with Crippen LogP contribution in [0.5, 0.6) is 11.6 Å². The van der Waals surface area contributed by atoms with Crippen LogP contribution in [0, 0.1) is 0 Å². The molecule has 0 aliphatic heterocycles. The van der Waals surface area contributed by atoms with Gasteiger partial charge in [-0.25, -0.2) is 28.4 Å². The Balaban J connectivity index is 1.38. The van der Waals surface area contributed by atoms with Gasteiger partial charge in [-0.3, -0.25) is 0 Å². The van der Waals surface area contributed by atoms with E-state index in [4.69, 9.17) is 4.74 Å². The summed E-state index contributed by atoms with van der Waals surface area (Å²) in [6.45, 7) is 0. The number of aromatic amines is 1. The molecule has 3 aromatic heterocycles. The van der Waals surface area contributed by atoms with Crippen molar-refractivity contribution in [1.82, 2.24) is 24.9 Å². The molecule has 37 heavy (non-hydrogen) atoms. The van der Waals surface area contributed by atoms with Crippen LogP contribution >= 0.6 is 0 Å². The maximum Gasteiger partial charge on any atom is 0.247 e. The van der Waals surface area contributed by atoms with Crippen LogP contribution in [0.2, 0.25) is 0 Å². The van der Waals surface area contributed by atoms with E-state index in [1.54, 1.807) is 24.4 Å². The number of para-hydroxylation sites is 2. The Morgan fingerprint density at radius 1 is 0.811 bits per heavy atom. The standard InChI is InChI=1S/C27H20N6O3S/c1-37(34,35)27-29-16-14-21(33-27)19-9-6-15-28-25(19)36-24-13-12-20(17-7-2-3-8-18(17)24)30-26-31-22-10-4-5-11-23(22)32-26/h2-16H,1H3,(H2,30,31,32). The van der Waals surface area contributed by atoms with E-state index in [9.17, 15) is 8.42 Å². The molecular formula is C27H20N6O3S. The first kappa shape index (κ1) is 22.6. The van der Waals surface area contributed by atoms with Gasteiger partial charge in [0.15, 0.2) is 0 Å². The highest BCUT2D eigenvalue weighted by molar-refractivity contribution is 7.90. The quantitative estimate of drug-likeness (QED) is 0.283. The van der Waals surface area contributed by atoms with Gasteiger partial charge >= 0.3 is 0 Å². The van der Waals surface area contributed by atoms with Crippen molar-refractivity contribution in [2.24, 2.45) is 0 Å². The SMILES string of the molecule is CS(=O)(=O)c1nccc(-c2cccnc2Oc2ccc(Nc3nc4ccccc4[nH]3)c3ccccc23)n1. The number of nitrogens with one attached hydrogen (secondary N) is 2. The Bertz CT molecular complexity index is 1850. The number of benzene rings is 3. The van der Waals surface area contributed by atoms with E-state index < -0.39 is 9.84 Å². The predicted octanol–water partition coefficient (Wildman–Crippen LogP) is 5.51. The molecule has 0 aliphatic carbocycles. The number of pyridine rings is 1. The highest BCUT2D eigenvalue weighted by Gasteiger charge is 2.17. The van der Waals surface area contributed by atoms with E-state index in [0.717, 1.165) is 33.7 Å². The lowest BCUT2D eigenvalue weighted by molar-refractivity contribution is 0.470. The molecule has 3 heterocycles. The molecule has 0 bridgehead atoms. The number of anilines is 2. The topological polar surface area (TPSA) is 123 Å². The van der Waals surface area contributed by atoms with Gasteiger partial charge in [-0.05, 0) is 42.5 Å². The Morgan fingerprint density at radius 2 is 1.62 bits per heavy atom. The predicted molar refractivity (Wildman–Crippen MR) is 142 cm³/mol. The monoisotopic (exact) mass is 508 g/mol. The summed E-state index contributed by atoms with van der Waals surface area (Å²) in [6, 6.07) is 24.6. The molecule has 6 rings (SSSR count). The van der Waals surface area contributed by atoms with Gasteiger partial charge in [-0.15, -0.1) is 0 Å². The molecule has 0 saturated heterocycles. The molecule has 10 heteroatoms. The first-order valence-corrected chi connectivity index (χ1v) is 13.2. The number of sulfone groups is 1. The maximum atomic E-state index is 12.0. The van der Waals surface area contributed by atoms with Gasteiger partial charge in [0.1, 0.15) is 5.75 Å². The number of hydrogen-bond donors (Lipinski definition) is 2. The van der Waals surface area contributed by atoms with E-state index in [2.05, 4.69) is 30.2 Å². The van der Waals surface area contributed by atoms with Crippen molar-refractivity contribution in [1.29, 1.82) is 0 Å². The fourth-order valence-corrected chi connectivity index (χ4v) is 4.57. The molecule has 3 aromatic carbocycles. The molecule has 0 atom stereocenters. The first-order chi connectivity index (χ1) is 18.0. The molecule has 9 nitrogen and oxygen atoms in total. The molecule has 0 unspecified atom stereocenters. The zero-order valence-corrected chi connectivity index (χ0v) is 20.4. The third kappa shape index (κ3) is 4.45. The zero-order valence-electron chi connectivity index (χ0n) is 19.6. The van der Waals surface area contributed by atoms with E-state index in [1.165, 1.54) is 6.20 Å². The molecule has 2 N–H and O–H groups in total. The molecule has 0 radical (unpaired) electrons. The number of ether oxygens (including phenoxy) is 1. The summed E-state index contributed by atoms with van der Waals surface area (Å²) in [7, 11) is -3.57. The molecule has 6 aromatic rings. The van der Waals surface area contributed by atoms with Crippen molar-refractivity contribution in [3.63, 3.8) is 0 Å². The smallest absolute Gasteiger partial charge is 0.247 e. The van der Waals surface area contributed by atoms with Crippen molar-refractivity contribution in [2.75, 3.05) is 11.6 Å². The molecule has 0 amide bonds. The van der Waals surface area contributed by atoms with Crippen LogP contribution in [0.4, 0.5) is 11.6 Å². The summed E-state index contributed by atoms with van der Waals surface area (Å²) in [4.78, 5) is 20.4. The molecule has 0 spiro atoms. The van der Waals surface area contributed by atoms with Crippen LogP contribution in [0.25, 0.3) is 33.1 Å². The van der Waals surface area contributed by atoms with Gasteiger partial charge in [0.05, 0.1) is 22.3 Å². The number of aromatic nitrogens is 5. The Morgan fingerprint density at radius 3 is 2.46 bits per heavy atom. The number of imidazole rings is 1. The van der Waals surface area contributed by atoms with Crippen LogP contribution in [0.1, 0.15) is 0 Å². The second-order valence-corrected chi connectivity index (χ2v) is 10.2. The molecule has 0 saturated carbocycles. The Hall–Kier alpha value is -4.83. The minimum Gasteiger partial charge on any atom is -0.438 e. The number of rotatable bonds is 6. The van der Waals surface area contributed by atoms with Crippen molar-refractivity contribution in [3.8, 4) is 22.9 Å². The number of fused-ring (bicyclic) bond motifs is 2. The van der Waals surface area contributed by atoms with Gasteiger partial charge in [-0.2, -0.15) is 0 Å². The highest BCUT2D eigenvalue weighted by atomic mass is 32.2. The van der Waals surface area contributed by atoms with Crippen LogP contribution in [0.15, 0.2) is 96.4 Å². The van der Waals surface area contributed by atoms with Crippen molar-refractivity contribution >= 4 is 43.3 Å². The van der Waals surface area contributed by atoms with Crippen LogP contribution < -0.4 is 10.1 Å². The fourth-order valence-electron chi connectivity index (χ4n) is 4.05. The summed E-state index contributed by atoms with van der Waals surface area (Å²) in [5.74, 6) is 1.52. The van der Waals surface area contributed by atoms with Crippen LogP contribution in [0.3, 0.4) is 0 Å². The lowest BCUT2D eigenvalue weighted by atomic mass is 10.1. The van der Waals surface area contributed by atoms with Crippen molar-refractivity contribution in [3.05, 3.63) is 91.3 Å². The number of nitrogens with zero attached hydrogens (tertiary/aromatic N) is 4.